The number of aryl methyl sites for hydroxylation is 2. The molecule has 0 saturated heterocycles. The Morgan fingerprint density at radius 2 is 1.58 bits per heavy atom. The SMILES string of the molecule is COc1ccc(NC(=O)C(C)(C)C(=O)Nc2c(C)cc(C)cc2Cl)cc1. The van der Waals surface area contributed by atoms with E-state index in [-0.39, 0.29) is 0 Å². The maximum atomic E-state index is 12.7. The molecule has 0 aliphatic heterocycles. The van der Waals surface area contributed by atoms with Gasteiger partial charge in [-0.2, -0.15) is 0 Å². The van der Waals surface area contributed by atoms with Crippen LogP contribution in [0.15, 0.2) is 36.4 Å². The Hall–Kier alpha value is -2.53. The maximum absolute atomic E-state index is 12.7. The van der Waals surface area contributed by atoms with Crippen molar-refractivity contribution in [2.75, 3.05) is 17.7 Å². The zero-order valence-electron chi connectivity index (χ0n) is 15.6. The summed E-state index contributed by atoms with van der Waals surface area (Å²) in [6, 6.07) is 10.6. The first-order valence-electron chi connectivity index (χ1n) is 8.19. The number of hydrogen-bond donors (Lipinski definition) is 2. The molecule has 0 bridgehead atoms. The van der Waals surface area contributed by atoms with Crippen molar-refractivity contribution in [1.82, 2.24) is 0 Å². The van der Waals surface area contributed by atoms with Crippen LogP contribution in [0.25, 0.3) is 0 Å². The number of halogens is 1. The highest BCUT2D eigenvalue weighted by molar-refractivity contribution is 6.34. The van der Waals surface area contributed by atoms with E-state index in [0.717, 1.165) is 11.1 Å². The molecule has 2 N–H and O–H groups in total. The molecule has 0 atom stereocenters. The van der Waals surface area contributed by atoms with Crippen molar-refractivity contribution in [3.63, 3.8) is 0 Å². The summed E-state index contributed by atoms with van der Waals surface area (Å²) in [5, 5.41) is 5.98. The third kappa shape index (κ3) is 4.35. The van der Waals surface area contributed by atoms with E-state index in [9.17, 15) is 9.59 Å². The second-order valence-electron chi connectivity index (χ2n) is 6.70. The molecule has 2 amide bonds. The number of carbonyl (C=O) groups is 2. The van der Waals surface area contributed by atoms with Gasteiger partial charge >= 0.3 is 0 Å². The van der Waals surface area contributed by atoms with Crippen LogP contribution in [0.2, 0.25) is 5.02 Å². The molecule has 0 aliphatic rings. The molecule has 0 unspecified atom stereocenters. The number of ether oxygens (including phenoxy) is 1. The highest BCUT2D eigenvalue weighted by Crippen LogP contribution is 2.30. The highest BCUT2D eigenvalue weighted by Gasteiger charge is 2.36. The van der Waals surface area contributed by atoms with Gasteiger partial charge in [0.1, 0.15) is 11.2 Å². The van der Waals surface area contributed by atoms with E-state index in [1.807, 2.05) is 19.9 Å². The largest absolute Gasteiger partial charge is 0.497 e. The van der Waals surface area contributed by atoms with E-state index >= 15 is 0 Å². The second kappa shape index (κ2) is 7.79. The lowest BCUT2D eigenvalue weighted by atomic mass is 9.90. The number of anilines is 2. The van der Waals surface area contributed by atoms with Crippen molar-refractivity contribution in [3.8, 4) is 5.75 Å². The van der Waals surface area contributed by atoms with Gasteiger partial charge in [0.15, 0.2) is 0 Å². The first-order chi connectivity index (χ1) is 12.1. The monoisotopic (exact) mass is 374 g/mol. The highest BCUT2D eigenvalue weighted by atomic mass is 35.5. The smallest absolute Gasteiger partial charge is 0.239 e. The lowest BCUT2D eigenvalue weighted by Gasteiger charge is -2.24. The number of hydrogen-bond acceptors (Lipinski definition) is 3. The van der Waals surface area contributed by atoms with Crippen LogP contribution in [0.3, 0.4) is 0 Å². The summed E-state index contributed by atoms with van der Waals surface area (Å²) >= 11 is 6.24. The van der Waals surface area contributed by atoms with E-state index in [4.69, 9.17) is 16.3 Å². The minimum Gasteiger partial charge on any atom is -0.497 e. The van der Waals surface area contributed by atoms with E-state index in [1.54, 1.807) is 51.3 Å². The van der Waals surface area contributed by atoms with Crippen molar-refractivity contribution in [2.24, 2.45) is 5.41 Å². The fourth-order valence-electron chi connectivity index (χ4n) is 2.41. The molecule has 6 heteroatoms. The van der Waals surface area contributed by atoms with Crippen LogP contribution >= 0.6 is 11.6 Å². The van der Waals surface area contributed by atoms with Gasteiger partial charge in [-0.05, 0) is 69.2 Å². The van der Waals surface area contributed by atoms with Gasteiger partial charge < -0.3 is 15.4 Å². The van der Waals surface area contributed by atoms with E-state index < -0.39 is 17.2 Å². The molecule has 0 heterocycles. The van der Waals surface area contributed by atoms with Crippen molar-refractivity contribution in [1.29, 1.82) is 0 Å². The lowest BCUT2D eigenvalue weighted by molar-refractivity contribution is -0.135. The zero-order chi connectivity index (χ0) is 19.5. The van der Waals surface area contributed by atoms with E-state index in [0.29, 0.717) is 22.1 Å². The molecular formula is C20H23ClN2O3. The van der Waals surface area contributed by atoms with Crippen LogP contribution in [-0.4, -0.2) is 18.9 Å². The molecule has 5 nitrogen and oxygen atoms in total. The third-order valence-corrected chi connectivity index (χ3v) is 4.45. The summed E-state index contributed by atoms with van der Waals surface area (Å²) in [7, 11) is 1.57. The fraction of sp³-hybridized carbons (Fsp3) is 0.300. The van der Waals surface area contributed by atoms with Crippen molar-refractivity contribution < 1.29 is 14.3 Å². The number of nitrogens with one attached hydrogen (secondary N) is 2. The van der Waals surface area contributed by atoms with Gasteiger partial charge in [-0.25, -0.2) is 0 Å². The number of benzene rings is 2. The van der Waals surface area contributed by atoms with E-state index in [2.05, 4.69) is 10.6 Å². The Labute approximate surface area is 158 Å². The number of amides is 2. The molecule has 2 rings (SSSR count). The molecule has 0 spiro atoms. The predicted molar refractivity (Wildman–Crippen MR) is 105 cm³/mol. The third-order valence-electron chi connectivity index (χ3n) is 4.15. The van der Waals surface area contributed by atoms with Crippen molar-refractivity contribution in [3.05, 3.63) is 52.5 Å². The Morgan fingerprint density at radius 3 is 2.12 bits per heavy atom. The Balaban J connectivity index is 2.14. The van der Waals surface area contributed by atoms with Crippen LogP contribution in [-0.2, 0) is 9.59 Å². The number of rotatable bonds is 5. The molecule has 0 aliphatic carbocycles. The number of carbonyl (C=O) groups excluding carboxylic acids is 2. The first kappa shape index (κ1) is 19.8. The Kier molecular flexibility index (Phi) is 5.93. The first-order valence-corrected chi connectivity index (χ1v) is 8.56. The fourth-order valence-corrected chi connectivity index (χ4v) is 2.78. The minimum atomic E-state index is -1.29. The molecule has 0 fully saturated rings. The van der Waals surface area contributed by atoms with Crippen LogP contribution in [0.5, 0.6) is 5.75 Å². The molecule has 26 heavy (non-hydrogen) atoms. The summed E-state index contributed by atoms with van der Waals surface area (Å²) in [5.41, 5.74) is 1.66. The maximum Gasteiger partial charge on any atom is 0.239 e. The molecular weight excluding hydrogens is 352 g/mol. The molecule has 2 aromatic carbocycles. The standard InChI is InChI=1S/C20H23ClN2O3/c1-12-10-13(2)17(16(21)11-12)23-19(25)20(3,4)18(24)22-14-6-8-15(26-5)9-7-14/h6-11H,1-5H3,(H,22,24)(H,23,25). The van der Waals surface area contributed by atoms with E-state index in [1.165, 1.54) is 0 Å². The molecule has 0 aromatic heterocycles. The summed E-state index contributed by atoms with van der Waals surface area (Å²) in [5.74, 6) is -0.164. The van der Waals surface area contributed by atoms with Gasteiger partial charge in [0.05, 0.1) is 17.8 Å². The van der Waals surface area contributed by atoms with Crippen LogP contribution in [0.1, 0.15) is 25.0 Å². The molecule has 138 valence electrons. The second-order valence-corrected chi connectivity index (χ2v) is 7.11. The summed E-state index contributed by atoms with van der Waals surface area (Å²) in [4.78, 5) is 25.3. The number of methoxy groups -OCH3 is 1. The Bertz CT molecular complexity index is 806. The molecule has 0 saturated carbocycles. The van der Waals surface area contributed by atoms with Gasteiger partial charge in [0, 0.05) is 5.69 Å². The van der Waals surface area contributed by atoms with Gasteiger partial charge in [-0.15, -0.1) is 0 Å². The normalized spacial score (nSPS) is 11.0. The Morgan fingerprint density at radius 1 is 1.00 bits per heavy atom. The molecule has 2 aromatic rings. The minimum absolute atomic E-state index is 0.416. The quantitative estimate of drug-likeness (QED) is 0.753. The van der Waals surface area contributed by atoms with Gasteiger partial charge in [-0.1, -0.05) is 17.7 Å². The molecule has 0 radical (unpaired) electrons. The topological polar surface area (TPSA) is 67.4 Å². The van der Waals surface area contributed by atoms with Crippen LogP contribution < -0.4 is 15.4 Å². The average Bonchev–Trinajstić information content (AvgIpc) is 2.58. The summed E-state index contributed by atoms with van der Waals surface area (Å²) in [6.07, 6.45) is 0. The van der Waals surface area contributed by atoms with Gasteiger partial charge in [0.2, 0.25) is 11.8 Å². The van der Waals surface area contributed by atoms with Crippen LogP contribution in [0, 0.1) is 19.3 Å². The van der Waals surface area contributed by atoms with Crippen LogP contribution in [0.4, 0.5) is 11.4 Å². The zero-order valence-corrected chi connectivity index (χ0v) is 16.3. The van der Waals surface area contributed by atoms with Crippen molar-refractivity contribution >= 4 is 34.8 Å². The van der Waals surface area contributed by atoms with Gasteiger partial charge in [0.25, 0.3) is 0 Å². The van der Waals surface area contributed by atoms with Gasteiger partial charge in [-0.3, -0.25) is 9.59 Å². The summed E-state index contributed by atoms with van der Waals surface area (Å²) in [6.45, 7) is 6.92. The lowest BCUT2D eigenvalue weighted by Crippen LogP contribution is -2.41. The van der Waals surface area contributed by atoms with Crippen molar-refractivity contribution in [2.45, 2.75) is 27.7 Å². The average molecular weight is 375 g/mol. The predicted octanol–water partition coefficient (Wildman–Crippen LogP) is 4.57. The summed E-state index contributed by atoms with van der Waals surface area (Å²) < 4.78 is 5.09.